The van der Waals surface area contributed by atoms with Gasteiger partial charge in [-0.2, -0.15) is 10.4 Å². The van der Waals surface area contributed by atoms with Crippen LogP contribution in [0.2, 0.25) is 0 Å². The molecule has 13 heavy (non-hydrogen) atoms. The van der Waals surface area contributed by atoms with Crippen LogP contribution < -0.4 is 11.3 Å². The SMILES string of the molecule is N#CCCn1ncc(N)c(Br)c1=O. The number of aromatic nitrogens is 2. The Kier molecular flexibility index (Phi) is 3.03. The summed E-state index contributed by atoms with van der Waals surface area (Å²) in [5.41, 5.74) is 5.42. The number of hydrogen-bond acceptors (Lipinski definition) is 4. The first kappa shape index (κ1) is 9.74. The molecule has 1 aromatic heterocycles. The lowest BCUT2D eigenvalue weighted by molar-refractivity contribution is 0.587. The molecule has 5 nitrogen and oxygen atoms in total. The van der Waals surface area contributed by atoms with Crippen molar-refractivity contribution in [2.75, 3.05) is 5.73 Å². The van der Waals surface area contributed by atoms with Crippen molar-refractivity contribution in [1.29, 1.82) is 5.26 Å². The molecule has 68 valence electrons. The highest BCUT2D eigenvalue weighted by atomic mass is 79.9. The first-order valence-electron chi connectivity index (χ1n) is 3.55. The largest absolute Gasteiger partial charge is 0.396 e. The summed E-state index contributed by atoms with van der Waals surface area (Å²) in [5.74, 6) is 0. The van der Waals surface area contributed by atoms with E-state index in [-0.39, 0.29) is 18.5 Å². The molecule has 0 atom stereocenters. The van der Waals surface area contributed by atoms with Crippen molar-refractivity contribution in [2.45, 2.75) is 13.0 Å². The van der Waals surface area contributed by atoms with Crippen LogP contribution in [-0.2, 0) is 6.54 Å². The fraction of sp³-hybridized carbons (Fsp3) is 0.286. The molecule has 2 N–H and O–H groups in total. The van der Waals surface area contributed by atoms with Crippen LogP contribution in [0.25, 0.3) is 0 Å². The highest BCUT2D eigenvalue weighted by Crippen LogP contribution is 2.10. The van der Waals surface area contributed by atoms with E-state index in [1.165, 1.54) is 10.9 Å². The molecule has 0 amide bonds. The summed E-state index contributed by atoms with van der Waals surface area (Å²) in [6.07, 6.45) is 1.63. The summed E-state index contributed by atoms with van der Waals surface area (Å²) >= 11 is 3.04. The Morgan fingerprint density at radius 1 is 1.77 bits per heavy atom. The average Bonchev–Trinajstić information content (AvgIpc) is 2.13. The summed E-state index contributed by atoms with van der Waals surface area (Å²) in [6, 6.07) is 1.93. The lowest BCUT2D eigenvalue weighted by Gasteiger charge is -2.02. The molecule has 0 aliphatic carbocycles. The van der Waals surface area contributed by atoms with Crippen molar-refractivity contribution in [3.05, 3.63) is 21.0 Å². The number of nitriles is 1. The minimum Gasteiger partial charge on any atom is -0.396 e. The van der Waals surface area contributed by atoms with E-state index in [4.69, 9.17) is 11.0 Å². The Bertz CT molecular complexity index is 406. The molecular formula is C7H7BrN4O. The molecular weight excluding hydrogens is 236 g/mol. The van der Waals surface area contributed by atoms with E-state index >= 15 is 0 Å². The molecule has 0 aliphatic heterocycles. The molecule has 0 saturated heterocycles. The highest BCUT2D eigenvalue weighted by Gasteiger charge is 2.04. The summed E-state index contributed by atoms with van der Waals surface area (Å²) < 4.78 is 1.49. The number of nitrogen functional groups attached to an aromatic ring is 1. The van der Waals surface area contributed by atoms with Gasteiger partial charge in [0.2, 0.25) is 0 Å². The fourth-order valence-corrected chi connectivity index (χ4v) is 1.10. The van der Waals surface area contributed by atoms with Gasteiger partial charge in [0.1, 0.15) is 4.47 Å². The molecule has 0 radical (unpaired) electrons. The Morgan fingerprint density at radius 2 is 2.46 bits per heavy atom. The van der Waals surface area contributed by atoms with E-state index in [9.17, 15) is 4.79 Å². The topological polar surface area (TPSA) is 84.7 Å². The predicted octanol–water partition coefficient (Wildman–Crippen LogP) is 0.502. The Labute approximate surface area is 82.9 Å². The molecule has 0 fully saturated rings. The summed E-state index contributed by atoms with van der Waals surface area (Å²) in [4.78, 5) is 11.4. The number of anilines is 1. The van der Waals surface area contributed by atoms with Gasteiger partial charge in [0.25, 0.3) is 5.56 Å². The van der Waals surface area contributed by atoms with Gasteiger partial charge in [-0.3, -0.25) is 4.79 Å². The normalized spacial score (nSPS) is 9.54. The van der Waals surface area contributed by atoms with Gasteiger partial charge in [0.15, 0.2) is 0 Å². The molecule has 0 aliphatic rings. The van der Waals surface area contributed by atoms with Crippen molar-refractivity contribution in [3.8, 4) is 6.07 Å². The van der Waals surface area contributed by atoms with Crippen LogP contribution in [0, 0.1) is 11.3 Å². The van der Waals surface area contributed by atoms with Crippen molar-refractivity contribution in [2.24, 2.45) is 0 Å². The van der Waals surface area contributed by atoms with Crippen LogP contribution in [0.5, 0.6) is 0 Å². The van der Waals surface area contributed by atoms with E-state index in [2.05, 4.69) is 21.0 Å². The first-order valence-corrected chi connectivity index (χ1v) is 4.34. The third kappa shape index (κ3) is 2.06. The zero-order chi connectivity index (χ0) is 9.84. The maximum absolute atomic E-state index is 11.4. The Hall–Kier alpha value is -1.35. The van der Waals surface area contributed by atoms with Gasteiger partial charge in [-0.1, -0.05) is 0 Å². The first-order chi connectivity index (χ1) is 6.16. The molecule has 1 heterocycles. The van der Waals surface area contributed by atoms with Gasteiger partial charge in [0, 0.05) is 0 Å². The van der Waals surface area contributed by atoms with Crippen LogP contribution in [0.15, 0.2) is 15.5 Å². The summed E-state index contributed by atoms with van der Waals surface area (Å²) in [6.45, 7) is 0.286. The maximum atomic E-state index is 11.4. The molecule has 0 saturated carbocycles. The third-order valence-corrected chi connectivity index (χ3v) is 2.24. The smallest absolute Gasteiger partial charge is 0.283 e. The highest BCUT2D eigenvalue weighted by molar-refractivity contribution is 9.10. The zero-order valence-electron chi connectivity index (χ0n) is 6.70. The molecule has 0 bridgehead atoms. The van der Waals surface area contributed by atoms with Crippen LogP contribution in [0.4, 0.5) is 5.69 Å². The van der Waals surface area contributed by atoms with Gasteiger partial charge < -0.3 is 5.73 Å². The second-order valence-electron chi connectivity index (χ2n) is 2.35. The van der Waals surface area contributed by atoms with Crippen molar-refractivity contribution in [3.63, 3.8) is 0 Å². The minimum absolute atomic E-state index is 0.253. The van der Waals surface area contributed by atoms with Crippen LogP contribution in [0.1, 0.15) is 6.42 Å². The predicted molar refractivity (Wildman–Crippen MR) is 50.8 cm³/mol. The fourth-order valence-electron chi connectivity index (χ4n) is 0.793. The number of rotatable bonds is 2. The van der Waals surface area contributed by atoms with Gasteiger partial charge in [0.05, 0.1) is 30.9 Å². The minimum atomic E-state index is -0.310. The molecule has 0 unspecified atom stereocenters. The monoisotopic (exact) mass is 242 g/mol. The van der Waals surface area contributed by atoms with Gasteiger partial charge in [-0.25, -0.2) is 4.68 Å². The van der Waals surface area contributed by atoms with Crippen LogP contribution in [-0.4, -0.2) is 9.78 Å². The quantitative estimate of drug-likeness (QED) is 0.819. The van der Waals surface area contributed by atoms with E-state index < -0.39 is 0 Å². The third-order valence-electron chi connectivity index (χ3n) is 1.45. The zero-order valence-corrected chi connectivity index (χ0v) is 8.28. The Balaban J connectivity index is 3.06. The second kappa shape index (κ2) is 4.05. The van der Waals surface area contributed by atoms with E-state index in [0.717, 1.165) is 0 Å². The molecule has 0 aromatic carbocycles. The number of hydrogen-bond donors (Lipinski definition) is 1. The van der Waals surface area contributed by atoms with Gasteiger partial charge >= 0.3 is 0 Å². The maximum Gasteiger partial charge on any atom is 0.283 e. The van der Waals surface area contributed by atoms with Crippen LogP contribution >= 0.6 is 15.9 Å². The lowest BCUT2D eigenvalue weighted by Crippen LogP contribution is -2.24. The summed E-state index contributed by atoms with van der Waals surface area (Å²) in [5, 5.41) is 12.1. The van der Waals surface area contributed by atoms with Crippen molar-refractivity contribution < 1.29 is 0 Å². The average molecular weight is 243 g/mol. The second-order valence-corrected chi connectivity index (χ2v) is 3.14. The Morgan fingerprint density at radius 3 is 3.08 bits per heavy atom. The molecule has 0 spiro atoms. The number of nitrogens with two attached hydrogens (primary N) is 1. The number of halogens is 1. The molecule has 1 rings (SSSR count). The van der Waals surface area contributed by atoms with Gasteiger partial charge in [-0.15, -0.1) is 0 Å². The number of nitrogens with zero attached hydrogens (tertiary/aromatic N) is 3. The molecule has 1 aromatic rings. The van der Waals surface area contributed by atoms with E-state index in [0.29, 0.717) is 10.2 Å². The molecule has 6 heteroatoms. The van der Waals surface area contributed by atoms with E-state index in [1.54, 1.807) is 0 Å². The van der Waals surface area contributed by atoms with Crippen molar-refractivity contribution in [1.82, 2.24) is 9.78 Å². The van der Waals surface area contributed by atoms with Crippen molar-refractivity contribution >= 4 is 21.6 Å². The van der Waals surface area contributed by atoms with Crippen LogP contribution in [0.3, 0.4) is 0 Å². The van der Waals surface area contributed by atoms with Gasteiger partial charge in [-0.05, 0) is 15.9 Å². The lowest BCUT2D eigenvalue weighted by atomic mass is 10.4. The summed E-state index contributed by atoms with van der Waals surface area (Å²) in [7, 11) is 0. The standard InChI is InChI=1S/C7H7BrN4O/c8-6-5(10)4-11-12(7(6)13)3-1-2-9/h4H,1,3,10H2. The number of aryl methyl sites for hydroxylation is 1. The van der Waals surface area contributed by atoms with E-state index in [1.807, 2.05) is 6.07 Å².